The molecule has 0 unspecified atom stereocenters. The van der Waals surface area contributed by atoms with E-state index >= 15 is 0 Å². The number of hydrogen-bond donors (Lipinski definition) is 0. The van der Waals surface area contributed by atoms with E-state index in [4.69, 9.17) is 5.53 Å². The van der Waals surface area contributed by atoms with Crippen molar-refractivity contribution in [2.24, 2.45) is 5.11 Å². The maximum atomic E-state index is 9.61. The van der Waals surface area contributed by atoms with Gasteiger partial charge in [-0.15, -0.1) is 0 Å². The van der Waals surface area contributed by atoms with Gasteiger partial charge >= 0.3 is 0 Å². The van der Waals surface area contributed by atoms with Crippen molar-refractivity contribution in [3.05, 3.63) is 130 Å². The smallest absolute Gasteiger partial charge is 0.0917 e. The first-order chi connectivity index (χ1) is 14.1. The molecule has 0 amide bonds. The van der Waals surface area contributed by atoms with Gasteiger partial charge in [0.25, 0.3) is 0 Å². The van der Waals surface area contributed by atoms with Crippen LogP contribution in [0.15, 0.2) is 90.1 Å². The molecule has 5 nitrogen and oxygen atoms in total. The molecule has 5 heteroatoms. The Bertz CT molecular complexity index is 1140. The fourth-order valence-electron chi connectivity index (χ4n) is 3.21. The van der Waals surface area contributed by atoms with Crippen LogP contribution in [0.4, 0.5) is 5.69 Å². The van der Waals surface area contributed by atoms with Gasteiger partial charge in [0.2, 0.25) is 0 Å². The molecule has 0 aromatic heterocycles. The molecule has 0 N–H and O–H groups in total. The van der Waals surface area contributed by atoms with E-state index in [1.165, 1.54) is 0 Å². The van der Waals surface area contributed by atoms with Gasteiger partial charge in [0.1, 0.15) is 0 Å². The van der Waals surface area contributed by atoms with Crippen molar-refractivity contribution in [3.8, 4) is 11.1 Å². The monoisotopic (exact) mass is 373 g/mol. The number of hydrogen-bond acceptors (Lipinski definition) is 1. The lowest BCUT2D eigenvalue weighted by molar-refractivity contribution is 1.35. The minimum Gasteiger partial charge on any atom is -0.789 e. The van der Waals surface area contributed by atoms with Gasteiger partial charge in [-0.05, 0) is 35.0 Å². The molecule has 0 fully saturated rings. The SMILES string of the molecule is [N-]=[N+]=Nc1ccc(-c2cc(C3=C[CH+]C(=[N-])C=C3)cc([C+]3C=CC(=[N-])C=C3)c2)cc1. The molecule has 0 spiro atoms. The summed E-state index contributed by atoms with van der Waals surface area (Å²) in [6.07, 6.45) is 14.2. The quantitative estimate of drug-likeness (QED) is 0.252. The largest absolute Gasteiger partial charge is 0.789 e. The fraction of sp³-hybridized carbons (Fsp3) is 0. The van der Waals surface area contributed by atoms with E-state index in [9.17, 15) is 10.8 Å². The van der Waals surface area contributed by atoms with E-state index in [0.29, 0.717) is 5.69 Å². The van der Waals surface area contributed by atoms with Crippen LogP contribution in [-0.4, -0.2) is 11.4 Å². The Kier molecular flexibility index (Phi) is 4.89. The highest BCUT2D eigenvalue weighted by Crippen LogP contribution is 2.33. The summed E-state index contributed by atoms with van der Waals surface area (Å²) in [4.78, 5) is 2.81. The number of nitrogens with zero attached hydrogens (tertiary/aromatic N) is 5. The molecule has 4 rings (SSSR count). The van der Waals surface area contributed by atoms with Gasteiger partial charge in [-0.3, -0.25) is 0 Å². The first-order valence-electron chi connectivity index (χ1n) is 9.02. The Morgan fingerprint density at radius 3 is 2.21 bits per heavy atom. The minimum absolute atomic E-state index is 0.220. The van der Waals surface area contributed by atoms with Crippen molar-refractivity contribution in [1.29, 1.82) is 0 Å². The normalized spacial score (nSPS) is 15.0. The molecule has 2 aromatic carbocycles. The Morgan fingerprint density at radius 1 is 0.828 bits per heavy atom. The summed E-state index contributed by atoms with van der Waals surface area (Å²) in [5.41, 5.74) is 14.6. The highest BCUT2D eigenvalue weighted by molar-refractivity contribution is 6.10. The average molecular weight is 373 g/mol. The molecule has 0 saturated heterocycles. The van der Waals surface area contributed by atoms with Crippen molar-refractivity contribution in [1.82, 2.24) is 0 Å². The van der Waals surface area contributed by atoms with Gasteiger partial charge in [0.05, 0.1) is 34.8 Å². The fourth-order valence-corrected chi connectivity index (χ4v) is 3.21. The van der Waals surface area contributed by atoms with E-state index in [1.807, 2.05) is 36.4 Å². The van der Waals surface area contributed by atoms with Crippen molar-refractivity contribution < 1.29 is 0 Å². The van der Waals surface area contributed by atoms with Gasteiger partial charge in [0, 0.05) is 52.9 Å². The third-order valence-electron chi connectivity index (χ3n) is 4.70. The van der Waals surface area contributed by atoms with Gasteiger partial charge in [0.15, 0.2) is 0 Å². The molecular weight excluding hydrogens is 358 g/mol. The van der Waals surface area contributed by atoms with Crippen LogP contribution in [0.2, 0.25) is 0 Å². The molecule has 0 radical (unpaired) electrons. The second-order valence-electron chi connectivity index (χ2n) is 6.63. The molecule has 136 valence electrons. The number of rotatable bonds is 4. The van der Waals surface area contributed by atoms with Crippen LogP contribution in [0, 0.1) is 12.3 Å². The lowest BCUT2D eigenvalue weighted by Gasteiger charge is -2.12. The van der Waals surface area contributed by atoms with Gasteiger partial charge in [-0.25, -0.2) is 0 Å². The lowest BCUT2D eigenvalue weighted by Crippen LogP contribution is -2.02. The summed E-state index contributed by atoms with van der Waals surface area (Å²) < 4.78 is 0. The van der Waals surface area contributed by atoms with E-state index in [1.54, 1.807) is 36.8 Å². The van der Waals surface area contributed by atoms with Crippen molar-refractivity contribution in [3.63, 3.8) is 0 Å². The topological polar surface area (TPSA) is 93.4 Å². The average Bonchev–Trinajstić information content (AvgIpc) is 2.75. The van der Waals surface area contributed by atoms with Crippen molar-refractivity contribution in [2.45, 2.75) is 0 Å². The van der Waals surface area contributed by atoms with Crippen LogP contribution < -0.4 is 0 Å². The molecule has 29 heavy (non-hydrogen) atoms. The van der Waals surface area contributed by atoms with Crippen LogP contribution >= 0.6 is 0 Å². The summed E-state index contributed by atoms with van der Waals surface area (Å²) in [6.45, 7) is 0. The molecule has 0 aliphatic heterocycles. The molecule has 2 aliphatic carbocycles. The minimum atomic E-state index is 0.220. The summed E-state index contributed by atoms with van der Waals surface area (Å²) in [6, 6.07) is 13.6. The number of allylic oxidation sites excluding steroid dienone is 8. The maximum absolute atomic E-state index is 9.61. The molecule has 2 aliphatic rings. The Morgan fingerprint density at radius 2 is 1.55 bits per heavy atom. The standard InChI is InChI=1S/C24H15N5/c25-22-7-1-16(2-8-22)19-13-20(17-3-9-23(26)10-4-17)15-21(14-19)18-5-11-24(12-6-18)28-29-27/h1-15H. The molecule has 0 heterocycles. The van der Waals surface area contributed by atoms with Crippen LogP contribution in [0.5, 0.6) is 0 Å². The van der Waals surface area contributed by atoms with Crippen molar-refractivity contribution >= 4 is 22.7 Å². The molecule has 0 saturated carbocycles. The van der Waals surface area contributed by atoms with Gasteiger partial charge < -0.3 is 10.8 Å². The van der Waals surface area contributed by atoms with E-state index < -0.39 is 0 Å². The second kappa shape index (κ2) is 7.80. The third-order valence-corrected chi connectivity index (χ3v) is 4.70. The van der Waals surface area contributed by atoms with Gasteiger partial charge in [-0.1, -0.05) is 35.1 Å². The Labute approximate surface area is 169 Å². The van der Waals surface area contributed by atoms with Crippen LogP contribution in [0.25, 0.3) is 38.0 Å². The van der Waals surface area contributed by atoms with E-state index in [0.717, 1.165) is 33.7 Å². The maximum Gasteiger partial charge on any atom is 0.0917 e. The zero-order valence-corrected chi connectivity index (χ0v) is 15.4. The lowest BCUT2D eigenvalue weighted by atomic mass is 9.87. The Hall–Kier alpha value is -4.21. The van der Waals surface area contributed by atoms with Crippen LogP contribution in [0.1, 0.15) is 11.1 Å². The highest BCUT2D eigenvalue weighted by Gasteiger charge is 2.20. The molecule has 2 aromatic rings. The highest BCUT2D eigenvalue weighted by atomic mass is 15.1. The van der Waals surface area contributed by atoms with Crippen LogP contribution in [0.3, 0.4) is 0 Å². The first kappa shape index (κ1) is 18.2. The summed E-state index contributed by atoms with van der Waals surface area (Å²) >= 11 is 0. The van der Waals surface area contributed by atoms with Crippen LogP contribution in [-0.2, 0) is 0 Å². The number of benzene rings is 2. The second-order valence-corrected chi connectivity index (χ2v) is 6.63. The predicted molar refractivity (Wildman–Crippen MR) is 119 cm³/mol. The molecule has 0 atom stereocenters. The van der Waals surface area contributed by atoms with Crippen molar-refractivity contribution in [2.75, 3.05) is 0 Å². The van der Waals surface area contributed by atoms with E-state index in [2.05, 4.69) is 28.2 Å². The zero-order valence-electron chi connectivity index (χ0n) is 15.4. The summed E-state index contributed by atoms with van der Waals surface area (Å²) in [5.74, 6) is 0.982. The zero-order chi connectivity index (χ0) is 20.2. The van der Waals surface area contributed by atoms with E-state index in [-0.39, 0.29) is 11.4 Å². The number of azide groups is 1. The first-order valence-corrected chi connectivity index (χ1v) is 9.02. The predicted octanol–water partition coefficient (Wildman–Crippen LogP) is 6.52. The molecule has 0 bridgehead atoms. The third kappa shape index (κ3) is 4.05. The van der Waals surface area contributed by atoms with Gasteiger partial charge in [-0.2, -0.15) is 0 Å². The molecular formula is C24H15N5. The Balaban J connectivity index is 1.79. The summed E-state index contributed by atoms with van der Waals surface area (Å²) in [7, 11) is 0. The summed E-state index contributed by atoms with van der Waals surface area (Å²) in [5, 5.41) is 22.8.